The Morgan fingerprint density at radius 3 is 2.86 bits per heavy atom. The number of phenolic OH excluding ortho intramolecular Hbond substituents is 1. The second-order valence-corrected chi connectivity index (χ2v) is 3.21. The van der Waals surface area contributed by atoms with Crippen molar-refractivity contribution in [2.75, 3.05) is 7.11 Å². The zero-order valence-corrected chi connectivity index (χ0v) is 8.41. The number of aromatic hydroxyl groups is 1. The first-order valence-electron chi connectivity index (χ1n) is 4.49. The minimum absolute atomic E-state index is 0.236. The number of hydrogen-bond acceptors (Lipinski definition) is 3. The number of hydrogen-bond donors (Lipinski definition) is 1. The van der Waals surface area contributed by atoms with Crippen molar-refractivity contribution in [3.8, 4) is 5.75 Å². The van der Waals surface area contributed by atoms with Crippen LogP contribution in [0.15, 0.2) is 18.2 Å². The number of esters is 1. The zero-order valence-electron chi connectivity index (χ0n) is 8.41. The van der Waals surface area contributed by atoms with Crippen molar-refractivity contribution in [3.05, 3.63) is 29.3 Å². The average molecular weight is 194 g/mol. The van der Waals surface area contributed by atoms with Crippen LogP contribution in [0.1, 0.15) is 17.5 Å². The lowest BCUT2D eigenvalue weighted by Gasteiger charge is -2.04. The Balaban J connectivity index is 2.66. The van der Waals surface area contributed by atoms with Crippen LogP contribution in [0.3, 0.4) is 0 Å². The van der Waals surface area contributed by atoms with Gasteiger partial charge >= 0.3 is 5.97 Å². The van der Waals surface area contributed by atoms with Crippen molar-refractivity contribution < 1.29 is 14.6 Å². The quantitative estimate of drug-likeness (QED) is 0.746. The maximum atomic E-state index is 10.9. The van der Waals surface area contributed by atoms with Gasteiger partial charge in [0.1, 0.15) is 5.75 Å². The van der Waals surface area contributed by atoms with Crippen molar-refractivity contribution in [3.63, 3.8) is 0 Å². The number of ether oxygens (including phenoxy) is 1. The second-order valence-electron chi connectivity index (χ2n) is 3.21. The molecule has 0 heterocycles. The van der Waals surface area contributed by atoms with Crippen LogP contribution >= 0.6 is 0 Å². The van der Waals surface area contributed by atoms with Gasteiger partial charge in [-0.25, -0.2) is 0 Å². The van der Waals surface area contributed by atoms with E-state index in [1.165, 1.54) is 7.11 Å². The number of phenols is 1. The number of aryl methyl sites for hydroxylation is 2. The van der Waals surface area contributed by atoms with Crippen molar-refractivity contribution in [2.24, 2.45) is 0 Å². The van der Waals surface area contributed by atoms with Crippen LogP contribution in [-0.4, -0.2) is 18.2 Å². The molecule has 0 aliphatic carbocycles. The molecule has 1 rings (SSSR count). The number of rotatable bonds is 3. The molecule has 1 aromatic rings. The molecule has 76 valence electrons. The second kappa shape index (κ2) is 4.65. The number of benzene rings is 1. The van der Waals surface area contributed by atoms with Gasteiger partial charge in [0.15, 0.2) is 0 Å². The van der Waals surface area contributed by atoms with E-state index in [4.69, 9.17) is 0 Å². The van der Waals surface area contributed by atoms with E-state index < -0.39 is 0 Å². The Kier molecular flexibility index (Phi) is 3.51. The minimum Gasteiger partial charge on any atom is -0.508 e. The lowest BCUT2D eigenvalue weighted by Crippen LogP contribution is -2.02. The standard InChI is InChI=1S/C11H14O3/c1-8-3-5-10(12)9(7-8)4-6-11(13)14-2/h3,5,7,12H,4,6H2,1-2H3. The van der Waals surface area contributed by atoms with Crippen LogP contribution < -0.4 is 0 Å². The molecule has 0 spiro atoms. The molecule has 1 N–H and O–H groups in total. The van der Waals surface area contributed by atoms with E-state index >= 15 is 0 Å². The van der Waals surface area contributed by atoms with E-state index in [-0.39, 0.29) is 11.7 Å². The third kappa shape index (κ3) is 2.76. The van der Waals surface area contributed by atoms with Gasteiger partial charge in [-0.15, -0.1) is 0 Å². The Morgan fingerprint density at radius 2 is 2.21 bits per heavy atom. The summed E-state index contributed by atoms with van der Waals surface area (Å²) in [6.45, 7) is 1.95. The predicted molar refractivity (Wildman–Crippen MR) is 53.2 cm³/mol. The van der Waals surface area contributed by atoms with Gasteiger partial charge in [0.2, 0.25) is 0 Å². The molecule has 3 heteroatoms. The maximum absolute atomic E-state index is 10.9. The molecule has 0 unspecified atom stereocenters. The number of methoxy groups -OCH3 is 1. The summed E-state index contributed by atoms with van der Waals surface area (Å²) in [6.07, 6.45) is 0.813. The van der Waals surface area contributed by atoms with E-state index in [1.807, 2.05) is 19.1 Å². The summed E-state index contributed by atoms with van der Waals surface area (Å²) in [6, 6.07) is 5.34. The summed E-state index contributed by atoms with van der Waals surface area (Å²) < 4.78 is 4.52. The molecule has 0 bridgehead atoms. The van der Waals surface area contributed by atoms with Crippen molar-refractivity contribution in [2.45, 2.75) is 19.8 Å². The fourth-order valence-electron chi connectivity index (χ4n) is 1.25. The van der Waals surface area contributed by atoms with Crippen molar-refractivity contribution in [1.82, 2.24) is 0 Å². The summed E-state index contributed by atoms with van der Waals surface area (Å²) in [5.41, 5.74) is 1.86. The van der Waals surface area contributed by atoms with Crippen LogP contribution in [-0.2, 0) is 16.0 Å². The van der Waals surface area contributed by atoms with Crippen LogP contribution in [0.4, 0.5) is 0 Å². The van der Waals surface area contributed by atoms with Gasteiger partial charge in [0, 0.05) is 6.42 Å². The molecular weight excluding hydrogens is 180 g/mol. The van der Waals surface area contributed by atoms with E-state index in [0.29, 0.717) is 12.8 Å². The van der Waals surface area contributed by atoms with Gasteiger partial charge in [0.25, 0.3) is 0 Å². The van der Waals surface area contributed by atoms with Crippen LogP contribution in [0.5, 0.6) is 5.75 Å². The molecule has 1 aromatic carbocycles. The smallest absolute Gasteiger partial charge is 0.305 e. The van der Waals surface area contributed by atoms with Crippen LogP contribution in [0, 0.1) is 6.92 Å². The van der Waals surface area contributed by atoms with Gasteiger partial charge in [-0.1, -0.05) is 17.7 Å². The van der Waals surface area contributed by atoms with Gasteiger partial charge in [-0.05, 0) is 25.0 Å². The van der Waals surface area contributed by atoms with E-state index in [0.717, 1.165) is 11.1 Å². The molecule has 0 aliphatic rings. The molecule has 0 aliphatic heterocycles. The van der Waals surface area contributed by atoms with Crippen molar-refractivity contribution >= 4 is 5.97 Å². The fraction of sp³-hybridized carbons (Fsp3) is 0.364. The topological polar surface area (TPSA) is 46.5 Å². The molecule has 0 aromatic heterocycles. The van der Waals surface area contributed by atoms with Crippen LogP contribution in [0.2, 0.25) is 0 Å². The maximum Gasteiger partial charge on any atom is 0.305 e. The Bertz CT molecular complexity index is 331. The molecule has 0 saturated carbocycles. The normalized spacial score (nSPS) is 9.86. The molecular formula is C11H14O3. The van der Waals surface area contributed by atoms with E-state index in [1.54, 1.807) is 6.07 Å². The summed E-state index contributed by atoms with van der Waals surface area (Å²) in [5.74, 6) is -0.0228. The summed E-state index contributed by atoms with van der Waals surface area (Å²) in [5, 5.41) is 9.47. The first-order chi connectivity index (χ1) is 6.63. The van der Waals surface area contributed by atoms with Gasteiger partial charge in [-0.2, -0.15) is 0 Å². The molecule has 0 amide bonds. The van der Waals surface area contributed by atoms with E-state index in [9.17, 15) is 9.90 Å². The third-order valence-electron chi connectivity index (χ3n) is 2.06. The third-order valence-corrected chi connectivity index (χ3v) is 2.06. The van der Waals surface area contributed by atoms with Gasteiger partial charge in [-0.3, -0.25) is 4.79 Å². The fourth-order valence-corrected chi connectivity index (χ4v) is 1.25. The van der Waals surface area contributed by atoms with Crippen molar-refractivity contribution in [1.29, 1.82) is 0 Å². The van der Waals surface area contributed by atoms with Gasteiger partial charge < -0.3 is 9.84 Å². The Hall–Kier alpha value is -1.51. The SMILES string of the molecule is COC(=O)CCc1cc(C)ccc1O. The highest BCUT2D eigenvalue weighted by Crippen LogP contribution is 2.19. The monoisotopic (exact) mass is 194 g/mol. The zero-order chi connectivity index (χ0) is 10.6. The molecule has 0 radical (unpaired) electrons. The molecule has 0 fully saturated rings. The summed E-state index contributed by atoms with van der Waals surface area (Å²) in [4.78, 5) is 10.9. The number of carbonyl (C=O) groups is 1. The highest BCUT2D eigenvalue weighted by Gasteiger charge is 2.05. The number of carbonyl (C=O) groups excluding carboxylic acids is 1. The molecule has 3 nitrogen and oxygen atoms in total. The first kappa shape index (κ1) is 10.6. The summed E-state index contributed by atoms with van der Waals surface area (Å²) in [7, 11) is 1.36. The molecule has 14 heavy (non-hydrogen) atoms. The Labute approximate surface area is 83.3 Å². The van der Waals surface area contributed by atoms with E-state index in [2.05, 4.69) is 4.74 Å². The minimum atomic E-state index is -0.258. The molecule has 0 atom stereocenters. The Morgan fingerprint density at radius 1 is 1.50 bits per heavy atom. The lowest BCUT2D eigenvalue weighted by atomic mass is 10.1. The molecule has 0 saturated heterocycles. The van der Waals surface area contributed by atoms with Crippen LogP contribution in [0.25, 0.3) is 0 Å². The lowest BCUT2D eigenvalue weighted by molar-refractivity contribution is -0.140. The summed E-state index contributed by atoms with van der Waals surface area (Å²) >= 11 is 0. The highest BCUT2D eigenvalue weighted by atomic mass is 16.5. The van der Waals surface area contributed by atoms with Gasteiger partial charge in [0.05, 0.1) is 7.11 Å². The predicted octanol–water partition coefficient (Wildman–Crippen LogP) is 1.81. The largest absolute Gasteiger partial charge is 0.508 e. The highest BCUT2D eigenvalue weighted by molar-refractivity contribution is 5.69. The average Bonchev–Trinajstić information content (AvgIpc) is 2.19. The first-order valence-corrected chi connectivity index (χ1v) is 4.49.